The Morgan fingerprint density at radius 1 is 0.821 bits per heavy atom. The monoisotopic (exact) mass is 374 g/mol. The summed E-state index contributed by atoms with van der Waals surface area (Å²) < 4.78 is 0. The molecule has 0 N–H and O–H groups in total. The zero-order chi connectivity index (χ0) is 19.1. The van der Waals surface area contributed by atoms with E-state index in [1.54, 1.807) is 0 Å². The molecule has 1 aliphatic carbocycles. The third-order valence-electron chi connectivity index (χ3n) is 6.57. The smallest absolute Gasteiger partial charge is 0.245 e. The fraction of sp³-hybridized carbons (Fsp3) is 0.417. The van der Waals surface area contributed by atoms with E-state index in [1.807, 2.05) is 40.1 Å². The van der Waals surface area contributed by atoms with Gasteiger partial charge in [-0.05, 0) is 41.9 Å². The van der Waals surface area contributed by atoms with Crippen LogP contribution in [0.4, 0.5) is 0 Å². The number of carbonyl (C=O) groups excluding carboxylic acids is 2. The Balaban J connectivity index is 1.40. The predicted molar refractivity (Wildman–Crippen MR) is 108 cm³/mol. The number of fused-ring (bicyclic) bond motifs is 1. The van der Waals surface area contributed by atoms with Crippen molar-refractivity contribution in [2.75, 3.05) is 13.1 Å². The molecule has 0 unspecified atom stereocenters. The van der Waals surface area contributed by atoms with E-state index in [-0.39, 0.29) is 23.8 Å². The highest BCUT2D eigenvalue weighted by Crippen LogP contribution is 2.49. The van der Waals surface area contributed by atoms with Crippen LogP contribution >= 0.6 is 0 Å². The molecule has 1 saturated carbocycles. The average molecular weight is 374 g/mol. The van der Waals surface area contributed by atoms with Gasteiger partial charge in [0.1, 0.15) is 6.04 Å². The van der Waals surface area contributed by atoms with E-state index in [0.717, 1.165) is 32.4 Å². The van der Waals surface area contributed by atoms with Gasteiger partial charge in [0.2, 0.25) is 11.8 Å². The number of likely N-dealkylation sites (tertiary alicyclic amines) is 1. The summed E-state index contributed by atoms with van der Waals surface area (Å²) in [6, 6.07) is 18.2. The first-order valence-electron chi connectivity index (χ1n) is 10.4. The first-order valence-corrected chi connectivity index (χ1v) is 10.4. The molecule has 4 heteroatoms. The molecule has 2 aliphatic heterocycles. The molecule has 0 spiro atoms. The molecule has 2 aromatic rings. The largest absolute Gasteiger partial charge is 0.341 e. The Hall–Kier alpha value is -2.62. The highest BCUT2D eigenvalue weighted by Gasteiger charge is 2.49. The molecule has 2 amide bonds. The van der Waals surface area contributed by atoms with Gasteiger partial charge in [-0.1, -0.05) is 54.6 Å². The number of hydrogen-bond acceptors (Lipinski definition) is 2. The van der Waals surface area contributed by atoms with Crippen molar-refractivity contribution in [3.8, 4) is 0 Å². The second kappa shape index (κ2) is 7.08. The maximum Gasteiger partial charge on any atom is 0.245 e. The van der Waals surface area contributed by atoms with Crippen LogP contribution in [0.1, 0.15) is 41.9 Å². The fourth-order valence-electron chi connectivity index (χ4n) is 4.87. The molecule has 2 heterocycles. The Labute approximate surface area is 166 Å². The van der Waals surface area contributed by atoms with Crippen molar-refractivity contribution in [1.29, 1.82) is 0 Å². The number of benzene rings is 2. The lowest BCUT2D eigenvalue weighted by Crippen LogP contribution is -2.53. The van der Waals surface area contributed by atoms with Gasteiger partial charge >= 0.3 is 0 Å². The molecule has 5 rings (SSSR count). The SMILES string of the molecule is O=C([C@@H]1Cc2ccccc2CN1C(=O)[C@H]1C[C@@H]1c1ccccc1)N1CCCC1. The molecule has 0 aromatic heterocycles. The van der Waals surface area contributed by atoms with Gasteiger partial charge in [-0.3, -0.25) is 9.59 Å². The Morgan fingerprint density at radius 3 is 2.25 bits per heavy atom. The fourth-order valence-corrected chi connectivity index (χ4v) is 4.87. The lowest BCUT2D eigenvalue weighted by molar-refractivity contribution is -0.147. The summed E-state index contributed by atoms with van der Waals surface area (Å²) >= 11 is 0. The molecule has 0 radical (unpaired) electrons. The number of nitrogens with zero attached hydrogens (tertiary/aromatic N) is 2. The first-order chi connectivity index (χ1) is 13.7. The van der Waals surface area contributed by atoms with Crippen molar-refractivity contribution in [2.24, 2.45) is 5.92 Å². The van der Waals surface area contributed by atoms with Crippen LogP contribution in [0.2, 0.25) is 0 Å². The predicted octanol–water partition coefficient (Wildman–Crippen LogP) is 3.37. The molecular formula is C24H26N2O2. The van der Waals surface area contributed by atoms with Gasteiger partial charge in [0, 0.05) is 32.0 Å². The van der Waals surface area contributed by atoms with Gasteiger partial charge in [-0.15, -0.1) is 0 Å². The quantitative estimate of drug-likeness (QED) is 0.827. The minimum Gasteiger partial charge on any atom is -0.341 e. The molecule has 3 aliphatic rings. The van der Waals surface area contributed by atoms with Crippen LogP contribution < -0.4 is 0 Å². The van der Waals surface area contributed by atoms with Crippen molar-refractivity contribution in [1.82, 2.24) is 9.80 Å². The Kier molecular flexibility index (Phi) is 4.42. The van der Waals surface area contributed by atoms with Gasteiger partial charge < -0.3 is 9.80 Å². The average Bonchev–Trinajstić information content (AvgIpc) is 3.36. The van der Waals surface area contributed by atoms with Gasteiger partial charge in [0.15, 0.2) is 0 Å². The van der Waals surface area contributed by atoms with Crippen LogP contribution in [0, 0.1) is 5.92 Å². The third-order valence-corrected chi connectivity index (χ3v) is 6.57. The van der Waals surface area contributed by atoms with Crippen molar-refractivity contribution >= 4 is 11.8 Å². The van der Waals surface area contributed by atoms with Crippen LogP contribution in [0.15, 0.2) is 54.6 Å². The minimum absolute atomic E-state index is 0.0153. The standard InChI is InChI=1S/C24H26N2O2/c27-23(21-15-20(21)17-8-2-1-3-9-17)26-16-19-11-5-4-10-18(19)14-22(26)24(28)25-12-6-7-13-25/h1-5,8-11,20-22H,6-7,12-16H2/t20-,21+,22+/m1/s1. The maximum atomic E-state index is 13.4. The molecule has 28 heavy (non-hydrogen) atoms. The van der Waals surface area contributed by atoms with E-state index in [1.165, 1.54) is 16.7 Å². The van der Waals surface area contributed by atoms with E-state index >= 15 is 0 Å². The highest BCUT2D eigenvalue weighted by molar-refractivity contribution is 5.91. The number of rotatable bonds is 3. The summed E-state index contributed by atoms with van der Waals surface area (Å²) in [5.41, 5.74) is 3.62. The van der Waals surface area contributed by atoms with Crippen LogP contribution in [-0.4, -0.2) is 40.7 Å². The molecule has 3 atom stereocenters. The van der Waals surface area contributed by atoms with Gasteiger partial charge in [-0.2, -0.15) is 0 Å². The maximum absolute atomic E-state index is 13.4. The summed E-state index contributed by atoms with van der Waals surface area (Å²) in [5, 5.41) is 0. The summed E-state index contributed by atoms with van der Waals surface area (Å²) in [6.07, 6.45) is 3.68. The molecule has 144 valence electrons. The summed E-state index contributed by atoms with van der Waals surface area (Å²) in [6.45, 7) is 2.21. The Morgan fingerprint density at radius 2 is 1.50 bits per heavy atom. The van der Waals surface area contributed by atoms with Crippen molar-refractivity contribution < 1.29 is 9.59 Å². The van der Waals surface area contributed by atoms with Crippen molar-refractivity contribution in [2.45, 2.75) is 44.2 Å². The van der Waals surface area contributed by atoms with Crippen LogP contribution in [-0.2, 0) is 22.6 Å². The second-order valence-corrected chi connectivity index (χ2v) is 8.35. The van der Waals surface area contributed by atoms with Gasteiger partial charge in [0.25, 0.3) is 0 Å². The van der Waals surface area contributed by atoms with Crippen LogP contribution in [0.3, 0.4) is 0 Å². The first kappa shape index (κ1) is 17.5. The zero-order valence-corrected chi connectivity index (χ0v) is 16.1. The van der Waals surface area contributed by atoms with Gasteiger partial charge in [0.05, 0.1) is 0 Å². The van der Waals surface area contributed by atoms with E-state index in [4.69, 9.17) is 0 Å². The van der Waals surface area contributed by atoms with Crippen LogP contribution in [0.5, 0.6) is 0 Å². The number of amides is 2. The molecule has 4 nitrogen and oxygen atoms in total. The zero-order valence-electron chi connectivity index (χ0n) is 16.1. The van der Waals surface area contributed by atoms with Crippen molar-refractivity contribution in [3.05, 3.63) is 71.3 Å². The number of hydrogen-bond donors (Lipinski definition) is 0. The molecular weight excluding hydrogens is 348 g/mol. The topological polar surface area (TPSA) is 40.6 Å². The van der Waals surface area contributed by atoms with E-state index < -0.39 is 0 Å². The second-order valence-electron chi connectivity index (χ2n) is 8.35. The molecule has 1 saturated heterocycles. The lowest BCUT2D eigenvalue weighted by Gasteiger charge is -2.38. The van der Waals surface area contributed by atoms with E-state index in [9.17, 15) is 9.59 Å². The summed E-state index contributed by atoms with van der Waals surface area (Å²) in [7, 11) is 0. The van der Waals surface area contributed by atoms with Crippen molar-refractivity contribution in [3.63, 3.8) is 0 Å². The number of carbonyl (C=O) groups is 2. The minimum atomic E-state index is -0.350. The van der Waals surface area contributed by atoms with E-state index in [2.05, 4.69) is 24.3 Å². The van der Waals surface area contributed by atoms with E-state index in [0.29, 0.717) is 18.9 Å². The highest BCUT2D eigenvalue weighted by atomic mass is 16.2. The van der Waals surface area contributed by atoms with Crippen LogP contribution in [0.25, 0.3) is 0 Å². The Bertz CT molecular complexity index is 888. The summed E-state index contributed by atoms with van der Waals surface area (Å²) in [4.78, 5) is 30.5. The lowest BCUT2D eigenvalue weighted by atomic mass is 9.92. The van der Waals surface area contributed by atoms with Gasteiger partial charge in [-0.25, -0.2) is 0 Å². The molecule has 0 bridgehead atoms. The summed E-state index contributed by atoms with van der Waals surface area (Å²) in [5.74, 6) is 0.605. The molecule has 2 aromatic carbocycles. The third kappa shape index (κ3) is 3.11. The molecule has 2 fully saturated rings. The normalized spacial score (nSPS) is 26.1.